The summed E-state index contributed by atoms with van der Waals surface area (Å²) in [5.41, 5.74) is 0.973. The Morgan fingerprint density at radius 1 is 1.30 bits per heavy atom. The second kappa shape index (κ2) is 7.47. The van der Waals surface area contributed by atoms with E-state index in [0.717, 1.165) is 11.1 Å². The monoisotopic (exact) mass is 412 g/mol. The van der Waals surface area contributed by atoms with Crippen molar-refractivity contribution in [2.24, 2.45) is 11.8 Å². The molecule has 1 aromatic rings. The smallest absolute Gasteiger partial charge is 0.230 e. The van der Waals surface area contributed by atoms with Crippen LogP contribution in [0.15, 0.2) is 42.5 Å². The highest BCUT2D eigenvalue weighted by Crippen LogP contribution is 2.55. The Hall–Kier alpha value is -2.80. The molecule has 3 aliphatic rings. The predicted molar refractivity (Wildman–Crippen MR) is 107 cm³/mol. The Bertz CT molecular complexity index is 924. The van der Waals surface area contributed by atoms with Crippen LogP contribution in [0.4, 0.5) is 0 Å². The number of carboxylic acid groups (broad SMARTS) is 1. The zero-order valence-electron chi connectivity index (χ0n) is 17.4. The summed E-state index contributed by atoms with van der Waals surface area (Å²) in [5.74, 6) is -1.88. The zero-order chi connectivity index (χ0) is 21.6. The number of likely N-dealkylation sites (tertiary alicyclic amines) is 1. The molecule has 1 aromatic carbocycles. The predicted octanol–water partition coefficient (Wildman–Crippen LogP) is 1.11. The molecule has 30 heavy (non-hydrogen) atoms. The lowest BCUT2D eigenvalue weighted by Crippen LogP contribution is -2.46. The van der Waals surface area contributed by atoms with E-state index in [1.165, 1.54) is 0 Å². The summed E-state index contributed by atoms with van der Waals surface area (Å²) >= 11 is 0. The van der Waals surface area contributed by atoms with Gasteiger partial charge in [-0.15, -0.1) is 6.58 Å². The Balaban J connectivity index is 1.61. The van der Waals surface area contributed by atoms with E-state index in [-0.39, 0.29) is 11.9 Å². The van der Waals surface area contributed by atoms with Gasteiger partial charge in [0.25, 0.3) is 0 Å². The van der Waals surface area contributed by atoms with E-state index in [1.54, 1.807) is 25.2 Å². The van der Waals surface area contributed by atoms with Crippen molar-refractivity contribution in [2.75, 3.05) is 20.8 Å². The molecule has 3 heterocycles. The fourth-order valence-electron chi connectivity index (χ4n) is 5.14. The molecule has 0 saturated carbocycles. The second-order valence-electron chi connectivity index (χ2n) is 8.27. The number of carbonyl (C=O) groups is 2. The number of hydrogen-bond donors (Lipinski definition) is 0. The molecule has 0 unspecified atom stereocenters. The van der Waals surface area contributed by atoms with Crippen LogP contribution < -0.4 is 14.6 Å². The van der Waals surface area contributed by atoms with E-state index in [4.69, 9.17) is 14.2 Å². The number of nitrogens with zero attached hydrogens (tertiary/aromatic N) is 1. The molecule has 2 saturated heterocycles. The van der Waals surface area contributed by atoms with Gasteiger partial charge in [-0.1, -0.05) is 23.8 Å². The second-order valence-corrected chi connectivity index (χ2v) is 8.27. The molecule has 2 bridgehead atoms. The number of aliphatic carboxylic acids is 1. The van der Waals surface area contributed by atoms with Crippen molar-refractivity contribution in [3.8, 4) is 11.5 Å². The molecule has 7 heteroatoms. The van der Waals surface area contributed by atoms with Gasteiger partial charge in [0.05, 0.1) is 32.3 Å². The van der Waals surface area contributed by atoms with Gasteiger partial charge in [0.2, 0.25) is 5.91 Å². The lowest BCUT2D eigenvalue weighted by molar-refractivity contribution is -0.313. The highest BCUT2D eigenvalue weighted by molar-refractivity contribution is 5.91. The molecule has 3 aliphatic heterocycles. The fraction of sp³-hybridized carbons (Fsp3) is 0.478. The molecule has 2 fully saturated rings. The molecule has 1 spiro atoms. The number of ether oxygens (including phenoxy) is 3. The number of hydrogen-bond acceptors (Lipinski definition) is 6. The lowest BCUT2D eigenvalue weighted by Gasteiger charge is -2.33. The number of carbonyl (C=O) groups excluding carboxylic acids is 2. The minimum absolute atomic E-state index is 0.192. The lowest BCUT2D eigenvalue weighted by atomic mass is 9.74. The van der Waals surface area contributed by atoms with Gasteiger partial charge in [-0.25, -0.2) is 0 Å². The third-order valence-electron chi connectivity index (χ3n) is 6.44. The highest BCUT2D eigenvalue weighted by atomic mass is 16.5. The summed E-state index contributed by atoms with van der Waals surface area (Å²) in [6.45, 7) is 6.35. The summed E-state index contributed by atoms with van der Waals surface area (Å²) in [7, 11) is 3.16. The maximum atomic E-state index is 13.4. The molecule has 7 nitrogen and oxygen atoms in total. The zero-order valence-corrected chi connectivity index (χ0v) is 17.4. The van der Waals surface area contributed by atoms with Crippen molar-refractivity contribution in [3.63, 3.8) is 0 Å². The largest absolute Gasteiger partial charge is 0.550 e. The van der Waals surface area contributed by atoms with Gasteiger partial charge < -0.3 is 29.0 Å². The van der Waals surface area contributed by atoms with E-state index in [9.17, 15) is 14.7 Å². The summed E-state index contributed by atoms with van der Waals surface area (Å²) in [6.07, 6.45) is 4.16. The van der Waals surface area contributed by atoms with Crippen molar-refractivity contribution >= 4 is 11.9 Å². The van der Waals surface area contributed by atoms with Crippen LogP contribution in [-0.2, 0) is 20.7 Å². The maximum Gasteiger partial charge on any atom is 0.230 e. The molecule has 0 aromatic heterocycles. The number of carboxylic acids is 1. The average molecular weight is 412 g/mol. The number of rotatable bonds is 8. The topological polar surface area (TPSA) is 88.1 Å². The van der Waals surface area contributed by atoms with Crippen LogP contribution in [0.5, 0.6) is 11.5 Å². The SMILES string of the molecule is C=C(C)C[C@@H]1N(CCc2ccc(OC)c(OC)c2)C(=O)[C@H]2[C@@H](C(=O)[O-])[C@H]3C=C[C@@]12O3. The quantitative estimate of drug-likeness (QED) is 0.595. The van der Waals surface area contributed by atoms with Crippen molar-refractivity contribution in [2.45, 2.75) is 37.5 Å². The molecule has 0 aliphatic carbocycles. The van der Waals surface area contributed by atoms with Crippen molar-refractivity contribution in [1.29, 1.82) is 0 Å². The molecule has 0 N–H and O–H groups in total. The third-order valence-corrected chi connectivity index (χ3v) is 6.44. The summed E-state index contributed by atoms with van der Waals surface area (Å²) in [4.78, 5) is 26.9. The first-order valence-electron chi connectivity index (χ1n) is 10.1. The highest BCUT2D eigenvalue weighted by Gasteiger charge is 2.69. The number of amides is 1. The first kappa shape index (κ1) is 20.5. The van der Waals surface area contributed by atoms with Crippen LogP contribution in [0.25, 0.3) is 0 Å². The molecule has 5 atom stereocenters. The van der Waals surface area contributed by atoms with Gasteiger partial charge in [-0.05, 0) is 37.5 Å². The van der Waals surface area contributed by atoms with Crippen molar-refractivity contribution in [1.82, 2.24) is 4.90 Å². The number of benzene rings is 1. The van der Waals surface area contributed by atoms with Crippen LogP contribution in [0, 0.1) is 11.8 Å². The molecular weight excluding hydrogens is 386 g/mol. The van der Waals surface area contributed by atoms with Crippen LogP contribution in [0.1, 0.15) is 18.9 Å². The van der Waals surface area contributed by atoms with E-state index in [2.05, 4.69) is 6.58 Å². The first-order valence-corrected chi connectivity index (χ1v) is 10.1. The van der Waals surface area contributed by atoms with Gasteiger partial charge in [-0.2, -0.15) is 0 Å². The Morgan fingerprint density at radius 2 is 2.03 bits per heavy atom. The summed E-state index contributed by atoms with van der Waals surface area (Å²) in [5, 5.41) is 11.8. The normalized spacial score (nSPS) is 31.2. The van der Waals surface area contributed by atoms with E-state index < -0.39 is 29.5 Å². The standard InChI is InChI=1S/C23H27NO6/c1-13(2)11-18-23-9-7-16(30-23)19(22(26)27)20(23)21(25)24(18)10-8-14-5-6-15(28-3)17(12-14)29-4/h5-7,9,12,16,18-20H,1,8,10-11H2,2-4H3,(H,26,27)/p-1/t16-,18+,19+,20-,23-/m1/s1. The Labute approximate surface area is 175 Å². The minimum atomic E-state index is -1.24. The Kier molecular flexibility index (Phi) is 5.10. The molecule has 160 valence electrons. The van der Waals surface area contributed by atoms with E-state index in [0.29, 0.717) is 30.9 Å². The molecule has 4 rings (SSSR count). The van der Waals surface area contributed by atoms with Gasteiger partial charge in [0.1, 0.15) is 5.60 Å². The van der Waals surface area contributed by atoms with Crippen LogP contribution in [0.3, 0.4) is 0 Å². The molecule has 0 radical (unpaired) electrons. The van der Waals surface area contributed by atoms with E-state index in [1.807, 2.05) is 31.2 Å². The van der Waals surface area contributed by atoms with Crippen LogP contribution in [0.2, 0.25) is 0 Å². The summed E-state index contributed by atoms with van der Waals surface area (Å²) in [6, 6.07) is 5.36. The van der Waals surface area contributed by atoms with Crippen LogP contribution >= 0.6 is 0 Å². The molecular formula is C23H26NO6-. The molecule has 1 amide bonds. The average Bonchev–Trinajstić information content (AvgIpc) is 3.35. The maximum absolute atomic E-state index is 13.4. The third kappa shape index (κ3) is 2.99. The van der Waals surface area contributed by atoms with E-state index >= 15 is 0 Å². The number of methoxy groups -OCH3 is 2. The first-order chi connectivity index (χ1) is 14.3. The fourth-order valence-corrected chi connectivity index (χ4v) is 5.14. The Morgan fingerprint density at radius 3 is 2.67 bits per heavy atom. The van der Waals surface area contributed by atoms with Gasteiger partial charge >= 0.3 is 0 Å². The minimum Gasteiger partial charge on any atom is -0.550 e. The van der Waals surface area contributed by atoms with Gasteiger partial charge in [0.15, 0.2) is 11.5 Å². The van der Waals surface area contributed by atoms with Crippen molar-refractivity contribution in [3.05, 3.63) is 48.1 Å². The van der Waals surface area contributed by atoms with Crippen molar-refractivity contribution < 1.29 is 28.9 Å². The number of fused-ring (bicyclic) bond motifs is 1. The van der Waals surface area contributed by atoms with Gasteiger partial charge in [-0.3, -0.25) is 4.79 Å². The van der Waals surface area contributed by atoms with Gasteiger partial charge in [0, 0.05) is 18.4 Å². The van der Waals surface area contributed by atoms with Crippen LogP contribution in [-0.4, -0.2) is 55.3 Å². The summed E-state index contributed by atoms with van der Waals surface area (Å²) < 4.78 is 16.8.